The van der Waals surface area contributed by atoms with E-state index < -0.39 is 10.4 Å². The summed E-state index contributed by atoms with van der Waals surface area (Å²) in [5.41, 5.74) is 0.908. The molecule has 0 saturated carbocycles. The number of rotatable bonds is 4. The van der Waals surface area contributed by atoms with Gasteiger partial charge in [0, 0.05) is 16.9 Å². The second kappa shape index (κ2) is 6.28. The quantitative estimate of drug-likeness (QED) is 0.374. The van der Waals surface area contributed by atoms with Crippen LogP contribution in [0.3, 0.4) is 0 Å². The number of carbonyl (C=O) groups excluding carboxylic acids is 1. The van der Waals surface area contributed by atoms with Crippen molar-refractivity contribution in [3.05, 3.63) is 46.6 Å². The summed E-state index contributed by atoms with van der Waals surface area (Å²) in [5, 5.41) is 12.4. The smallest absolute Gasteiger partial charge is 0.127 e. The van der Waals surface area contributed by atoms with E-state index in [0.29, 0.717) is 17.4 Å². The van der Waals surface area contributed by atoms with Gasteiger partial charge in [-0.15, -0.1) is 4.91 Å². The van der Waals surface area contributed by atoms with Gasteiger partial charge in [0.15, 0.2) is 0 Å². The van der Waals surface area contributed by atoms with Crippen molar-refractivity contribution in [2.24, 2.45) is 11.8 Å². The lowest BCUT2D eigenvalue weighted by Gasteiger charge is -2.25. The largest absolute Gasteiger partial charge is 0.508 e. The first kappa shape index (κ1) is 14.7. The second-order valence-electron chi connectivity index (χ2n) is 5.38. The molecule has 1 saturated heterocycles. The van der Waals surface area contributed by atoms with Gasteiger partial charge in [-0.25, -0.2) is 0 Å². The molecule has 2 heterocycles. The molecule has 3 rings (SSSR count). The topological polar surface area (TPSA) is 54.4 Å². The summed E-state index contributed by atoms with van der Waals surface area (Å²) in [4.78, 5) is 11.7. The third-order valence-electron chi connectivity index (χ3n) is 3.77. The van der Waals surface area contributed by atoms with Crippen molar-refractivity contribution < 1.29 is 14.1 Å². The highest BCUT2D eigenvalue weighted by atomic mass is 32.2. The summed E-state index contributed by atoms with van der Waals surface area (Å²) in [7, 11) is -1.16. The average molecular weight is 321 g/mol. The summed E-state index contributed by atoms with van der Waals surface area (Å²) < 4.78 is 12.2. The van der Waals surface area contributed by atoms with Gasteiger partial charge in [-0.2, -0.15) is 17.1 Å². The normalized spacial score (nSPS) is 32.4. The van der Waals surface area contributed by atoms with E-state index in [1.165, 1.54) is 0 Å². The van der Waals surface area contributed by atoms with Gasteiger partial charge in [-0.1, -0.05) is 24.3 Å². The maximum absolute atomic E-state index is 12.2. The molecule has 0 aromatic rings. The van der Waals surface area contributed by atoms with Gasteiger partial charge < -0.3 is 14.1 Å². The fourth-order valence-corrected chi connectivity index (χ4v) is 4.36. The molecule has 0 bridgehead atoms. The zero-order valence-corrected chi connectivity index (χ0v) is 13.1. The van der Waals surface area contributed by atoms with Crippen LogP contribution in [-0.2, 0) is 19.4 Å². The van der Waals surface area contributed by atoms with E-state index in [2.05, 4.69) is 0 Å². The number of aldehydes is 1. The van der Waals surface area contributed by atoms with Crippen molar-refractivity contribution in [2.75, 3.05) is 5.75 Å². The summed E-state index contributed by atoms with van der Waals surface area (Å²) in [6, 6.07) is 0. The summed E-state index contributed by atoms with van der Waals surface area (Å²) in [6.07, 6.45) is 11.5. The van der Waals surface area contributed by atoms with Crippen molar-refractivity contribution in [1.82, 2.24) is 0 Å². The number of hydrogen-bond acceptors (Lipinski definition) is 5. The van der Waals surface area contributed by atoms with Gasteiger partial charge >= 0.3 is 0 Å². The molecule has 3 atom stereocenters. The predicted molar refractivity (Wildman–Crippen MR) is 88.7 cm³/mol. The van der Waals surface area contributed by atoms with Crippen molar-refractivity contribution in [2.45, 2.75) is 18.1 Å². The molecule has 0 aromatic heterocycles. The Bertz CT molecular complexity index is 644. The van der Waals surface area contributed by atoms with Crippen LogP contribution in [0.25, 0.3) is 0 Å². The average Bonchev–Trinajstić information content (AvgIpc) is 3.30. The molecule has 3 nitrogen and oxygen atoms in total. The van der Waals surface area contributed by atoms with Gasteiger partial charge in [0.2, 0.25) is 0 Å². The van der Waals surface area contributed by atoms with Crippen LogP contribution in [-0.4, -0.2) is 27.8 Å². The van der Waals surface area contributed by atoms with Crippen LogP contribution in [0.4, 0.5) is 0 Å². The van der Waals surface area contributed by atoms with Crippen molar-refractivity contribution >= 4 is 33.8 Å². The first-order valence-corrected chi connectivity index (χ1v) is 9.24. The SMILES string of the molecule is O=CC1C=C(C2C=CC=C(O)C(CC3CS3)=C2)[S-](=O)=CC1. The summed E-state index contributed by atoms with van der Waals surface area (Å²) >= 11 is 1.89. The Morgan fingerprint density at radius 2 is 2.24 bits per heavy atom. The standard InChI is InChI=1S/C16H17O3S2/c17-9-11-4-5-21(19)16(6-11)12-2-1-3-15(18)13(7-12)8-14-10-20-14/h1-3,5-7,9,11-12,14,18H,4,8,10H2/q-1. The molecule has 21 heavy (non-hydrogen) atoms. The molecule has 1 N–H and O–H groups in total. The molecule has 0 amide bonds. The summed E-state index contributed by atoms with van der Waals surface area (Å²) in [5.74, 6) is 1.12. The fraction of sp³-hybridized carbons (Fsp3) is 0.375. The maximum atomic E-state index is 12.2. The van der Waals surface area contributed by atoms with Crippen molar-refractivity contribution in [3.63, 3.8) is 0 Å². The number of thioether (sulfide) groups is 1. The molecule has 1 fully saturated rings. The lowest BCUT2D eigenvalue weighted by atomic mass is 9.99. The van der Waals surface area contributed by atoms with Crippen LogP contribution < -0.4 is 0 Å². The van der Waals surface area contributed by atoms with Crippen LogP contribution in [0.1, 0.15) is 12.8 Å². The van der Waals surface area contributed by atoms with E-state index in [4.69, 9.17) is 0 Å². The number of hydrogen-bond donors (Lipinski definition) is 1. The van der Waals surface area contributed by atoms with Crippen LogP contribution in [0, 0.1) is 11.8 Å². The molecule has 0 spiro atoms. The highest BCUT2D eigenvalue weighted by Gasteiger charge is 2.25. The second-order valence-corrected chi connectivity index (χ2v) is 8.12. The van der Waals surface area contributed by atoms with Crippen LogP contribution in [0.15, 0.2) is 46.6 Å². The Morgan fingerprint density at radius 3 is 2.95 bits per heavy atom. The van der Waals surface area contributed by atoms with E-state index in [0.717, 1.165) is 28.9 Å². The number of allylic oxidation sites excluding steroid dienone is 7. The zero-order chi connectivity index (χ0) is 14.8. The Labute approximate surface area is 130 Å². The van der Waals surface area contributed by atoms with Crippen molar-refractivity contribution in [3.8, 4) is 0 Å². The van der Waals surface area contributed by atoms with Gasteiger partial charge in [0.05, 0.1) is 0 Å². The lowest BCUT2D eigenvalue weighted by molar-refractivity contribution is -0.109. The Balaban J connectivity index is 1.91. The Kier molecular flexibility index (Phi) is 4.40. The predicted octanol–water partition coefficient (Wildman–Crippen LogP) is 2.91. The molecule has 3 unspecified atom stereocenters. The number of aliphatic hydroxyl groups excluding tert-OH is 1. The van der Waals surface area contributed by atoms with Gasteiger partial charge in [0.25, 0.3) is 0 Å². The highest BCUT2D eigenvalue weighted by molar-refractivity contribution is 8.06. The minimum atomic E-state index is -1.16. The van der Waals surface area contributed by atoms with Crippen molar-refractivity contribution in [1.29, 1.82) is 0 Å². The Morgan fingerprint density at radius 1 is 1.43 bits per heavy atom. The first-order valence-electron chi connectivity index (χ1n) is 6.98. The monoisotopic (exact) mass is 321 g/mol. The molecule has 0 radical (unpaired) electrons. The molecular formula is C16H17O3S2-. The Hall–Kier alpha value is -1.20. The molecule has 112 valence electrons. The van der Waals surface area contributed by atoms with E-state index in [9.17, 15) is 14.1 Å². The summed E-state index contributed by atoms with van der Waals surface area (Å²) in [6.45, 7) is 0. The van der Waals surface area contributed by atoms with E-state index in [1.54, 1.807) is 17.5 Å². The van der Waals surface area contributed by atoms with E-state index >= 15 is 0 Å². The van der Waals surface area contributed by atoms with Gasteiger partial charge in [-0.3, -0.25) is 10.4 Å². The minimum absolute atomic E-state index is 0.121. The third kappa shape index (κ3) is 3.52. The minimum Gasteiger partial charge on any atom is -0.508 e. The number of aliphatic hydroxyl groups is 1. The molecule has 3 aliphatic rings. The fourth-order valence-electron chi connectivity index (χ4n) is 2.49. The highest BCUT2D eigenvalue weighted by Crippen LogP contribution is 2.38. The zero-order valence-electron chi connectivity index (χ0n) is 11.5. The molecular weight excluding hydrogens is 304 g/mol. The lowest BCUT2D eigenvalue weighted by Crippen LogP contribution is -2.12. The molecule has 1 aliphatic carbocycles. The van der Waals surface area contributed by atoms with E-state index in [1.807, 2.05) is 30.0 Å². The number of carbonyl (C=O) groups is 1. The van der Waals surface area contributed by atoms with Crippen LogP contribution >= 0.6 is 11.8 Å². The van der Waals surface area contributed by atoms with E-state index in [-0.39, 0.29) is 11.8 Å². The van der Waals surface area contributed by atoms with Gasteiger partial charge in [0.1, 0.15) is 12.0 Å². The third-order valence-corrected chi connectivity index (χ3v) is 6.11. The van der Waals surface area contributed by atoms with Crippen LogP contribution in [0.5, 0.6) is 0 Å². The molecule has 2 aliphatic heterocycles. The maximum Gasteiger partial charge on any atom is 0.127 e. The first-order chi connectivity index (χ1) is 10.2. The molecule has 5 heteroatoms. The molecule has 0 aromatic carbocycles. The van der Waals surface area contributed by atoms with Crippen LogP contribution in [0.2, 0.25) is 0 Å². The van der Waals surface area contributed by atoms with Gasteiger partial charge in [-0.05, 0) is 30.4 Å².